The zero-order valence-corrected chi connectivity index (χ0v) is 16.6. The maximum absolute atomic E-state index is 12.7. The third-order valence-corrected chi connectivity index (χ3v) is 4.20. The molecule has 2 N–H and O–H groups in total. The molecule has 0 aliphatic carbocycles. The maximum Gasteiger partial charge on any atom is 0.254 e. The Bertz CT molecular complexity index is 814. The predicted octanol–water partition coefficient (Wildman–Crippen LogP) is 2.91. The number of amides is 3. The van der Waals surface area contributed by atoms with Crippen molar-refractivity contribution >= 4 is 23.4 Å². The quantitative estimate of drug-likeness (QED) is 0.738. The smallest absolute Gasteiger partial charge is 0.254 e. The molecule has 2 aromatic rings. The molecule has 2 aromatic carbocycles. The third kappa shape index (κ3) is 6.54. The van der Waals surface area contributed by atoms with Gasteiger partial charge in [0.15, 0.2) is 0 Å². The van der Waals surface area contributed by atoms with Crippen LogP contribution < -0.4 is 10.6 Å². The summed E-state index contributed by atoms with van der Waals surface area (Å²) in [7, 11) is 0. The molecule has 28 heavy (non-hydrogen) atoms. The first-order valence-corrected chi connectivity index (χ1v) is 9.38. The Morgan fingerprint density at radius 3 is 2.00 bits per heavy atom. The van der Waals surface area contributed by atoms with E-state index < -0.39 is 0 Å². The first kappa shape index (κ1) is 21.2. The van der Waals surface area contributed by atoms with Crippen molar-refractivity contribution in [2.75, 3.05) is 25.0 Å². The van der Waals surface area contributed by atoms with E-state index in [9.17, 15) is 14.4 Å². The van der Waals surface area contributed by atoms with E-state index in [1.807, 2.05) is 45.0 Å². The number of rotatable bonds is 8. The minimum Gasteiger partial charge on any atom is -0.345 e. The predicted molar refractivity (Wildman–Crippen MR) is 110 cm³/mol. The molecule has 6 nitrogen and oxygen atoms in total. The second-order valence-electron chi connectivity index (χ2n) is 6.78. The van der Waals surface area contributed by atoms with Gasteiger partial charge in [-0.05, 0) is 44.5 Å². The van der Waals surface area contributed by atoms with Crippen LogP contribution in [0.15, 0.2) is 48.5 Å². The molecule has 0 aromatic heterocycles. The van der Waals surface area contributed by atoms with Crippen LogP contribution in [0.25, 0.3) is 0 Å². The van der Waals surface area contributed by atoms with E-state index in [0.29, 0.717) is 17.8 Å². The molecule has 6 heteroatoms. The van der Waals surface area contributed by atoms with E-state index >= 15 is 0 Å². The Kier molecular flexibility index (Phi) is 7.75. The van der Waals surface area contributed by atoms with Crippen LogP contribution in [-0.2, 0) is 9.59 Å². The number of benzene rings is 2. The molecule has 3 amide bonds. The lowest BCUT2D eigenvalue weighted by molar-refractivity contribution is -0.124. The SMILES string of the molecule is CCCN(CC(=O)NCC(=O)Nc1ccc(C)cc1)C(=O)c1ccc(C)cc1. The zero-order valence-electron chi connectivity index (χ0n) is 16.6. The van der Waals surface area contributed by atoms with Crippen molar-refractivity contribution in [1.82, 2.24) is 10.2 Å². The molecule has 0 aliphatic heterocycles. The average Bonchev–Trinajstić information content (AvgIpc) is 2.68. The van der Waals surface area contributed by atoms with Crippen LogP contribution in [0.3, 0.4) is 0 Å². The van der Waals surface area contributed by atoms with Gasteiger partial charge in [-0.3, -0.25) is 14.4 Å². The molecule has 0 atom stereocenters. The molecular formula is C22H27N3O3. The summed E-state index contributed by atoms with van der Waals surface area (Å²) in [5, 5.41) is 5.30. The summed E-state index contributed by atoms with van der Waals surface area (Å²) in [6.45, 7) is 6.10. The Morgan fingerprint density at radius 1 is 0.857 bits per heavy atom. The highest BCUT2D eigenvalue weighted by molar-refractivity contribution is 5.98. The van der Waals surface area contributed by atoms with E-state index in [1.165, 1.54) is 4.90 Å². The van der Waals surface area contributed by atoms with Gasteiger partial charge in [0.1, 0.15) is 0 Å². The van der Waals surface area contributed by atoms with Gasteiger partial charge in [0, 0.05) is 17.8 Å². The molecule has 0 saturated carbocycles. The van der Waals surface area contributed by atoms with Crippen molar-refractivity contribution in [3.05, 3.63) is 65.2 Å². The minimum atomic E-state index is -0.368. The van der Waals surface area contributed by atoms with E-state index in [4.69, 9.17) is 0 Å². The molecule has 0 bridgehead atoms. The molecule has 0 heterocycles. The summed E-state index contributed by atoms with van der Waals surface area (Å²) in [4.78, 5) is 38.4. The Morgan fingerprint density at radius 2 is 1.43 bits per heavy atom. The van der Waals surface area contributed by atoms with Crippen molar-refractivity contribution in [1.29, 1.82) is 0 Å². The fourth-order valence-electron chi connectivity index (χ4n) is 2.65. The lowest BCUT2D eigenvalue weighted by atomic mass is 10.1. The molecule has 0 fully saturated rings. The van der Waals surface area contributed by atoms with Crippen LogP contribution in [0.1, 0.15) is 34.8 Å². The van der Waals surface area contributed by atoms with Crippen LogP contribution in [0.2, 0.25) is 0 Å². The molecule has 0 unspecified atom stereocenters. The van der Waals surface area contributed by atoms with E-state index in [-0.39, 0.29) is 30.8 Å². The largest absolute Gasteiger partial charge is 0.345 e. The summed E-state index contributed by atoms with van der Waals surface area (Å²) in [6, 6.07) is 14.7. The number of hydrogen-bond acceptors (Lipinski definition) is 3. The van der Waals surface area contributed by atoms with Crippen LogP contribution in [0.5, 0.6) is 0 Å². The topological polar surface area (TPSA) is 78.5 Å². The number of carbonyl (C=O) groups is 3. The maximum atomic E-state index is 12.7. The lowest BCUT2D eigenvalue weighted by Crippen LogP contribution is -2.43. The molecule has 0 spiro atoms. The average molecular weight is 381 g/mol. The number of carbonyl (C=O) groups excluding carboxylic acids is 3. The fourth-order valence-corrected chi connectivity index (χ4v) is 2.65. The number of hydrogen-bond donors (Lipinski definition) is 2. The number of nitrogens with zero attached hydrogens (tertiary/aromatic N) is 1. The zero-order chi connectivity index (χ0) is 20.5. The van der Waals surface area contributed by atoms with Crippen molar-refractivity contribution in [2.24, 2.45) is 0 Å². The number of aryl methyl sites for hydroxylation is 2. The second-order valence-corrected chi connectivity index (χ2v) is 6.78. The summed E-state index contributed by atoms with van der Waals surface area (Å²) < 4.78 is 0. The third-order valence-electron chi connectivity index (χ3n) is 4.20. The number of anilines is 1. The van der Waals surface area contributed by atoms with Crippen molar-refractivity contribution in [3.63, 3.8) is 0 Å². The fraction of sp³-hybridized carbons (Fsp3) is 0.318. The van der Waals surface area contributed by atoms with Crippen molar-refractivity contribution < 1.29 is 14.4 Å². The van der Waals surface area contributed by atoms with E-state index in [2.05, 4.69) is 10.6 Å². The van der Waals surface area contributed by atoms with Gasteiger partial charge in [0.25, 0.3) is 5.91 Å². The second kappa shape index (κ2) is 10.3. The summed E-state index contributed by atoms with van der Waals surface area (Å²) in [5.74, 6) is -0.877. The highest BCUT2D eigenvalue weighted by atomic mass is 16.2. The molecule has 2 rings (SSSR count). The Labute approximate surface area is 165 Å². The van der Waals surface area contributed by atoms with Gasteiger partial charge in [-0.25, -0.2) is 0 Å². The van der Waals surface area contributed by atoms with Gasteiger partial charge in [-0.2, -0.15) is 0 Å². The van der Waals surface area contributed by atoms with Crippen molar-refractivity contribution in [3.8, 4) is 0 Å². The Hall–Kier alpha value is -3.15. The number of nitrogens with one attached hydrogen (secondary N) is 2. The standard InChI is InChI=1S/C22H27N3O3/c1-4-13-25(22(28)18-9-5-16(2)6-10-18)15-21(27)23-14-20(26)24-19-11-7-17(3)8-12-19/h5-12H,4,13-15H2,1-3H3,(H,23,27)(H,24,26). The highest BCUT2D eigenvalue weighted by Gasteiger charge is 2.18. The van der Waals surface area contributed by atoms with Crippen LogP contribution in [0.4, 0.5) is 5.69 Å². The van der Waals surface area contributed by atoms with E-state index in [0.717, 1.165) is 17.5 Å². The van der Waals surface area contributed by atoms with Gasteiger partial charge in [0.2, 0.25) is 11.8 Å². The highest BCUT2D eigenvalue weighted by Crippen LogP contribution is 2.09. The molecular weight excluding hydrogens is 354 g/mol. The molecule has 0 saturated heterocycles. The van der Waals surface area contributed by atoms with Gasteiger partial charge in [-0.15, -0.1) is 0 Å². The lowest BCUT2D eigenvalue weighted by Gasteiger charge is -2.21. The minimum absolute atomic E-state index is 0.0850. The summed E-state index contributed by atoms with van der Waals surface area (Å²) >= 11 is 0. The Balaban J connectivity index is 1.87. The van der Waals surface area contributed by atoms with Crippen molar-refractivity contribution in [2.45, 2.75) is 27.2 Å². The van der Waals surface area contributed by atoms with Crippen LogP contribution >= 0.6 is 0 Å². The summed E-state index contributed by atoms with van der Waals surface area (Å²) in [6.07, 6.45) is 0.735. The van der Waals surface area contributed by atoms with Gasteiger partial charge >= 0.3 is 0 Å². The van der Waals surface area contributed by atoms with Crippen LogP contribution in [0, 0.1) is 13.8 Å². The van der Waals surface area contributed by atoms with E-state index in [1.54, 1.807) is 24.3 Å². The van der Waals surface area contributed by atoms with Gasteiger partial charge < -0.3 is 15.5 Å². The summed E-state index contributed by atoms with van der Waals surface area (Å²) in [5.41, 5.74) is 3.38. The molecule has 0 aliphatic rings. The van der Waals surface area contributed by atoms with Gasteiger partial charge in [-0.1, -0.05) is 42.3 Å². The van der Waals surface area contributed by atoms with Crippen LogP contribution in [-0.4, -0.2) is 42.3 Å². The normalized spacial score (nSPS) is 10.2. The molecule has 148 valence electrons. The molecule has 0 radical (unpaired) electrons. The van der Waals surface area contributed by atoms with Gasteiger partial charge in [0.05, 0.1) is 13.1 Å². The monoisotopic (exact) mass is 381 g/mol. The first-order chi connectivity index (χ1) is 13.4. The first-order valence-electron chi connectivity index (χ1n) is 9.38.